The van der Waals surface area contributed by atoms with Crippen LogP contribution in [0.2, 0.25) is 0 Å². The summed E-state index contributed by atoms with van der Waals surface area (Å²) in [5, 5.41) is 11.5. The van der Waals surface area contributed by atoms with E-state index in [4.69, 9.17) is 4.74 Å². The van der Waals surface area contributed by atoms with Crippen molar-refractivity contribution in [2.75, 3.05) is 19.0 Å². The summed E-state index contributed by atoms with van der Waals surface area (Å²) in [6.07, 6.45) is 10.3. The van der Waals surface area contributed by atoms with Gasteiger partial charge in [-0.05, 0) is 92.3 Å². The van der Waals surface area contributed by atoms with Crippen molar-refractivity contribution in [1.29, 1.82) is 0 Å². The third-order valence-electron chi connectivity index (χ3n) is 9.75. The minimum absolute atomic E-state index is 0.223. The van der Waals surface area contributed by atoms with E-state index in [1.807, 2.05) is 0 Å². The molecule has 1 unspecified atom stereocenters. The summed E-state index contributed by atoms with van der Waals surface area (Å²) in [6.45, 7) is 5.43. The first kappa shape index (κ1) is 20.3. The van der Waals surface area contributed by atoms with E-state index in [-0.39, 0.29) is 11.3 Å². The average molecular weight is 441 g/mol. The van der Waals surface area contributed by atoms with Crippen LogP contribution in [0.4, 0.5) is 0 Å². The van der Waals surface area contributed by atoms with Gasteiger partial charge in [0.2, 0.25) is 0 Å². The van der Waals surface area contributed by atoms with Crippen LogP contribution in [0.15, 0.2) is 0 Å². The lowest BCUT2D eigenvalue weighted by atomic mass is 9.44. The summed E-state index contributed by atoms with van der Waals surface area (Å²) in [4.78, 5) is 12.6. The molecule has 0 bridgehead atoms. The van der Waals surface area contributed by atoms with E-state index in [0.29, 0.717) is 29.1 Å². The van der Waals surface area contributed by atoms with E-state index in [2.05, 4.69) is 29.8 Å². The molecule has 0 aliphatic heterocycles. The van der Waals surface area contributed by atoms with Gasteiger partial charge in [-0.15, -0.1) is 0 Å². The number of rotatable bonds is 4. The fourth-order valence-corrected chi connectivity index (χ4v) is 8.74. The van der Waals surface area contributed by atoms with Crippen LogP contribution in [0.5, 0.6) is 0 Å². The van der Waals surface area contributed by atoms with Gasteiger partial charge in [0.1, 0.15) is 5.78 Å². The number of fused-ring (bicyclic) bond motifs is 5. The van der Waals surface area contributed by atoms with Crippen molar-refractivity contribution in [3.8, 4) is 0 Å². The Morgan fingerprint density at radius 3 is 2.48 bits per heavy atom. The zero-order valence-corrected chi connectivity index (χ0v) is 18.9. The molecule has 3 nitrogen and oxygen atoms in total. The lowest BCUT2D eigenvalue weighted by molar-refractivity contribution is -0.163. The summed E-state index contributed by atoms with van der Waals surface area (Å²) in [5.74, 6) is 3.61. The Morgan fingerprint density at radius 2 is 1.78 bits per heavy atom. The lowest BCUT2D eigenvalue weighted by Crippen LogP contribution is -2.56. The van der Waals surface area contributed by atoms with E-state index < -0.39 is 5.60 Å². The molecule has 4 saturated carbocycles. The fraction of sp³-hybridized carbons (Fsp3) is 0.957. The van der Waals surface area contributed by atoms with Crippen molar-refractivity contribution < 1.29 is 14.6 Å². The highest BCUT2D eigenvalue weighted by Gasteiger charge is 2.61. The molecule has 0 amide bonds. The van der Waals surface area contributed by atoms with Crippen LogP contribution in [0.25, 0.3) is 0 Å². The topological polar surface area (TPSA) is 46.5 Å². The Labute approximate surface area is 173 Å². The summed E-state index contributed by atoms with van der Waals surface area (Å²) < 4.78 is 5.33. The summed E-state index contributed by atoms with van der Waals surface area (Å²) in [7, 11) is 1.70. The molecule has 8 atom stereocenters. The monoisotopic (exact) mass is 440 g/mol. The molecule has 0 radical (unpaired) electrons. The van der Waals surface area contributed by atoms with Crippen LogP contribution in [0.3, 0.4) is 0 Å². The maximum Gasteiger partial charge on any atom is 0.147 e. The molecule has 0 spiro atoms. The number of methoxy groups -OCH3 is 1. The summed E-state index contributed by atoms with van der Waals surface area (Å²) in [6, 6.07) is 0. The first-order valence-electron chi connectivity index (χ1n) is 11.1. The number of carbonyl (C=O) groups is 1. The Hall–Kier alpha value is 0.0700. The average Bonchev–Trinajstić information content (AvgIpc) is 2.99. The molecule has 1 N–H and O–H groups in total. The van der Waals surface area contributed by atoms with Crippen molar-refractivity contribution in [2.45, 2.75) is 77.2 Å². The first-order chi connectivity index (χ1) is 12.8. The quantitative estimate of drug-likeness (QED) is 0.626. The highest BCUT2D eigenvalue weighted by atomic mass is 79.9. The molecule has 27 heavy (non-hydrogen) atoms. The van der Waals surface area contributed by atoms with Crippen LogP contribution in [0, 0.1) is 40.4 Å². The number of Topliss-reactive ketones (excluding diaryl/α,β-unsaturated/α-hetero) is 1. The molecule has 4 aliphatic carbocycles. The maximum atomic E-state index is 12.6. The molecule has 4 rings (SSSR count). The van der Waals surface area contributed by atoms with Crippen LogP contribution in [0.1, 0.15) is 71.6 Å². The molecule has 4 fully saturated rings. The summed E-state index contributed by atoms with van der Waals surface area (Å²) >= 11 is 3.43. The number of ketones is 1. The van der Waals surface area contributed by atoms with Gasteiger partial charge >= 0.3 is 0 Å². The largest absolute Gasteiger partial charge is 0.387 e. The number of halogens is 1. The van der Waals surface area contributed by atoms with Gasteiger partial charge in [0.05, 0.1) is 17.5 Å². The Bertz CT molecular complexity index is 594. The molecule has 0 aromatic carbocycles. The van der Waals surface area contributed by atoms with Crippen LogP contribution >= 0.6 is 15.9 Å². The minimum atomic E-state index is -0.615. The first-order valence-corrected chi connectivity index (χ1v) is 12.2. The van der Waals surface area contributed by atoms with Crippen molar-refractivity contribution in [3.63, 3.8) is 0 Å². The highest BCUT2D eigenvalue weighted by molar-refractivity contribution is 9.09. The zero-order valence-electron chi connectivity index (χ0n) is 17.3. The van der Waals surface area contributed by atoms with Crippen molar-refractivity contribution >= 4 is 21.7 Å². The van der Waals surface area contributed by atoms with Crippen molar-refractivity contribution in [3.05, 3.63) is 0 Å². The van der Waals surface area contributed by atoms with E-state index in [0.717, 1.165) is 43.4 Å². The fourth-order valence-electron chi connectivity index (χ4n) is 8.34. The smallest absolute Gasteiger partial charge is 0.147 e. The number of alkyl halides is 1. The second-order valence-corrected chi connectivity index (χ2v) is 11.4. The Morgan fingerprint density at radius 1 is 1.04 bits per heavy atom. The maximum absolute atomic E-state index is 12.6. The standard InChI is InChI=1S/C23H37BrO3/c1-21-10-11-23(26,14-27-3)12-15(21)4-5-16-17-6-7-19(20(25)13-24)22(17,2)9-8-18(16)21/h15-19,26H,4-14H2,1-3H3/t15-,16?,17-,18-,19+,21-,22-,23+/m0/s1. The molecule has 0 heterocycles. The van der Waals surface area contributed by atoms with Crippen LogP contribution < -0.4 is 0 Å². The Balaban J connectivity index is 1.55. The van der Waals surface area contributed by atoms with Gasteiger partial charge in [0.25, 0.3) is 0 Å². The van der Waals surface area contributed by atoms with Crippen molar-refractivity contribution in [2.24, 2.45) is 40.4 Å². The molecule has 4 aliphatic rings. The molecule has 154 valence electrons. The van der Waals surface area contributed by atoms with Crippen LogP contribution in [-0.4, -0.2) is 35.5 Å². The lowest BCUT2D eigenvalue weighted by Gasteiger charge is -2.62. The predicted octanol–water partition coefficient (Wildman–Crippen LogP) is 4.99. The van der Waals surface area contributed by atoms with Gasteiger partial charge in [-0.1, -0.05) is 29.8 Å². The molecular formula is C23H37BrO3. The van der Waals surface area contributed by atoms with Gasteiger partial charge < -0.3 is 9.84 Å². The number of aliphatic hydroxyl groups is 1. The second kappa shape index (κ2) is 7.09. The third kappa shape index (κ3) is 3.08. The van der Waals surface area contributed by atoms with Crippen molar-refractivity contribution in [1.82, 2.24) is 0 Å². The predicted molar refractivity (Wildman–Crippen MR) is 111 cm³/mol. The second-order valence-electron chi connectivity index (χ2n) is 10.8. The summed E-state index contributed by atoms with van der Waals surface area (Å²) in [5.41, 5.74) is -0.0297. The molecule has 0 aromatic rings. The highest BCUT2D eigenvalue weighted by Crippen LogP contribution is 2.68. The van der Waals surface area contributed by atoms with E-state index in [1.54, 1.807) is 7.11 Å². The SMILES string of the molecule is COC[C@@]1(O)CC[C@@]2(C)[C@@H](CCC3[C@@H]2CC[C@]2(C)[C@@H](C(=O)CBr)CC[C@@H]32)C1. The van der Waals surface area contributed by atoms with Gasteiger partial charge in [0.15, 0.2) is 0 Å². The van der Waals surface area contributed by atoms with Gasteiger partial charge in [-0.2, -0.15) is 0 Å². The number of hydrogen-bond acceptors (Lipinski definition) is 3. The van der Waals surface area contributed by atoms with E-state index in [1.165, 1.54) is 32.1 Å². The number of carbonyl (C=O) groups excluding carboxylic acids is 1. The Kier molecular flexibility index (Phi) is 5.34. The number of ether oxygens (including phenoxy) is 1. The van der Waals surface area contributed by atoms with E-state index in [9.17, 15) is 9.90 Å². The molecule has 4 heteroatoms. The molecule has 0 saturated heterocycles. The molecular weight excluding hydrogens is 404 g/mol. The minimum Gasteiger partial charge on any atom is -0.387 e. The molecule has 0 aromatic heterocycles. The number of hydrogen-bond donors (Lipinski definition) is 1. The van der Waals surface area contributed by atoms with Gasteiger partial charge in [-0.3, -0.25) is 4.79 Å². The van der Waals surface area contributed by atoms with Crippen LogP contribution in [-0.2, 0) is 9.53 Å². The van der Waals surface area contributed by atoms with Gasteiger partial charge in [-0.25, -0.2) is 0 Å². The van der Waals surface area contributed by atoms with E-state index >= 15 is 0 Å². The zero-order chi connectivity index (χ0) is 19.4. The van der Waals surface area contributed by atoms with Gasteiger partial charge in [0, 0.05) is 13.0 Å². The normalized spacial score (nSPS) is 52.0. The third-order valence-corrected chi connectivity index (χ3v) is 10.3.